The van der Waals surface area contributed by atoms with Crippen LogP contribution >= 0.6 is 24.0 Å². The van der Waals surface area contributed by atoms with Crippen LogP contribution in [0.15, 0.2) is 58.1 Å². The lowest BCUT2D eigenvalue weighted by molar-refractivity contribution is 0.0394. The summed E-state index contributed by atoms with van der Waals surface area (Å²) in [7, 11) is 0. The van der Waals surface area contributed by atoms with Crippen LogP contribution in [0.3, 0.4) is 0 Å². The van der Waals surface area contributed by atoms with Gasteiger partial charge in [-0.25, -0.2) is 0 Å². The van der Waals surface area contributed by atoms with E-state index in [1.165, 1.54) is 5.56 Å². The number of nitrogens with one attached hydrogen (secondary N) is 2. The first-order valence-corrected chi connectivity index (χ1v) is 9.73. The lowest BCUT2D eigenvalue weighted by Crippen LogP contribution is -2.41. The number of furan rings is 1. The molecular weight excluding hydrogens is 467 g/mol. The van der Waals surface area contributed by atoms with E-state index in [0.717, 1.165) is 64.1 Å². The predicted molar refractivity (Wildman–Crippen MR) is 123 cm³/mol. The van der Waals surface area contributed by atoms with Gasteiger partial charge in [-0.2, -0.15) is 0 Å². The van der Waals surface area contributed by atoms with Gasteiger partial charge < -0.3 is 19.8 Å². The molecule has 7 heteroatoms. The molecular formula is C21H31IN4O2. The van der Waals surface area contributed by atoms with E-state index in [1.807, 2.05) is 18.2 Å². The molecule has 6 nitrogen and oxygen atoms in total. The molecule has 2 N–H and O–H groups in total. The lowest BCUT2D eigenvalue weighted by Gasteiger charge is -2.26. The molecule has 0 spiro atoms. The summed E-state index contributed by atoms with van der Waals surface area (Å²) in [6, 6.07) is 14.5. The minimum Gasteiger partial charge on any atom is -0.469 e. The topological polar surface area (TPSA) is 62.0 Å². The summed E-state index contributed by atoms with van der Waals surface area (Å²) in [5.74, 6) is 1.82. The molecule has 2 aromatic rings. The monoisotopic (exact) mass is 498 g/mol. The number of halogens is 1. The Morgan fingerprint density at radius 2 is 1.93 bits per heavy atom. The Balaban J connectivity index is 0.00000280. The SMILES string of the molecule is CC(NC(=NCCN1CCOCC1)NCCc1ccco1)c1ccccc1.I. The quantitative estimate of drug-likeness (QED) is 0.333. The molecule has 0 aliphatic carbocycles. The van der Waals surface area contributed by atoms with Gasteiger partial charge in [-0.1, -0.05) is 30.3 Å². The van der Waals surface area contributed by atoms with Crippen LogP contribution < -0.4 is 10.6 Å². The molecule has 1 saturated heterocycles. The zero-order chi connectivity index (χ0) is 18.7. The van der Waals surface area contributed by atoms with Crippen molar-refractivity contribution in [2.45, 2.75) is 19.4 Å². The van der Waals surface area contributed by atoms with Crippen molar-refractivity contribution in [3.63, 3.8) is 0 Å². The third kappa shape index (κ3) is 7.81. The van der Waals surface area contributed by atoms with Crippen LogP contribution in [0.5, 0.6) is 0 Å². The molecule has 1 aromatic heterocycles. The van der Waals surface area contributed by atoms with Crippen molar-refractivity contribution < 1.29 is 9.15 Å². The molecule has 0 amide bonds. The van der Waals surface area contributed by atoms with Crippen molar-refractivity contribution in [1.29, 1.82) is 0 Å². The molecule has 0 saturated carbocycles. The van der Waals surface area contributed by atoms with Gasteiger partial charge in [0.25, 0.3) is 0 Å². The fraction of sp³-hybridized carbons (Fsp3) is 0.476. The second-order valence-corrected chi connectivity index (χ2v) is 6.72. The largest absolute Gasteiger partial charge is 0.469 e. The summed E-state index contributed by atoms with van der Waals surface area (Å²) in [6.45, 7) is 8.27. The van der Waals surface area contributed by atoms with Gasteiger partial charge in [0, 0.05) is 32.6 Å². The number of aliphatic imine (C=N–C) groups is 1. The first-order chi connectivity index (χ1) is 13.3. The molecule has 1 atom stereocenters. The average molecular weight is 498 g/mol. The molecule has 1 aliphatic heterocycles. The van der Waals surface area contributed by atoms with Gasteiger partial charge in [-0.15, -0.1) is 24.0 Å². The number of guanidine groups is 1. The number of hydrogen-bond acceptors (Lipinski definition) is 4. The van der Waals surface area contributed by atoms with Gasteiger partial charge in [-0.05, 0) is 24.6 Å². The summed E-state index contributed by atoms with van der Waals surface area (Å²) < 4.78 is 10.8. The van der Waals surface area contributed by atoms with Crippen molar-refractivity contribution in [1.82, 2.24) is 15.5 Å². The highest BCUT2D eigenvalue weighted by Crippen LogP contribution is 2.10. The van der Waals surface area contributed by atoms with Crippen molar-refractivity contribution in [2.24, 2.45) is 4.99 Å². The predicted octanol–water partition coefficient (Wildman–Crippen LogP) is 3.07. The highest BCUT2D eigenvalue weighted by atomic mass is 127. The van der Waals surface area contributed by atoms with E-state index in [0.29, 0.717) is 0 Å². The second-order valence-electron chi connectivity index (χ2n) is 6.72. The van der Waals surface area contributed by atoms with Gasteiger partial charge in [0.2, 0.25) is 0 Å². The fourth-order valence-electron chi connectivity index (χ4n) is 3.07. The van der Waals surface area contributed by atoms with Crippen LogP contribution in [0.1, 0.15) is 24.3 Å². The number of rotatable bonds is 8. The molecule has 1 fully saturated rings. The third-order valence-corrected chi connectivity index (χ3v) is 4.69. The van der Waals surface area contributed by atoms with E-state index in [-0.39, 0.29) is 30.0 Å². The zero-order valence-corrected chi connectivity index (χ0v) is 18.8. The molecule has 2 heterocycles. The number of benzene rings is 1. The Morgan fingerprint density at radius 1 is 1.14 bits per heavy atom. The van der Waals surface area contributed by atoms with Gasteiger partial charge in [0.15, 0.2) is 5.96 Å². The Bertz CT molecular complexity index is 673. The van der Waals surface area contributed by atoms with Gasteiger partial charge >= 0.3 is 0 Å². The van der Waals surface area contributed by atoms with E-state index in [2.05, 4.69) is 46.7 Å². The Kier molecular flexibility index (Phi) is 10.4. The molecule has 3 rings (SSSR count). The highest BCUT2D eigenvalue weighted by Gasteiger charge is 2.11. The minimum absolute atomic E-state index is 0. The zero-order valence-electron chi connectivity index (χ0n) is 16.5. The summed E-state index contributed by atoms with van der Waals surface area (Å²) in [4.78, 5) is 7.18. The van der Waals surface area contributed by atoms with Crippen LogP contribution in [0.25, 0.3) is 0 Å². The second kappa shape index (κ2) is 12.8. The highest BCUT2D eigenvalue weighted by molar-refractivity contribution is 14.0. The van der Waals surface area contributed by atoms with E-state index in [9.17, 15) is 0 Å². The Hall–Kier alpha value is -1.58. The summed E-state index contributed by atoms with van der Waals surface area (Å²) in [5, 5.41) is 6.95. The van der Waals surface area contributed by atoms with E-state index in [4.69, 9.17) is 14.1 Å². The first-order valence-electron chi connectivity index (χ1n) is 9.73. The summed E-state index contributed by atoms with van der Waals surface area (Å²) in [6.07, 6.45) is 2.54. The smallest absolute Gasteiger partial charge is 0.191 e. The summed E-state index contributed by atoms with van der Waals surface area (Å²) >= 11 is 0. The van der Waals surface area contributed by atoms with Gasteiger partial charge in [0.1, 0.15) is 5.76 Å². The van der Waals surface area contributed by atoms with Crippen molar-refractivity contribution >= 4 is 29.9 Å². The molecule has 1 aliphatic rings. The lowest BCUT2D eigenvalue weighted by atomic mass is 10.1. The van der Waals surface area contributed by atoms with Crippen molar-refractivity contribution in [3.05, 3.63) is 60.1 Å². The van der Waals surface area contributed by atoms with Gasteiger partial charge in [-0.3, -0.25) is 9.89 Å². The molecule has 0 radical (unpaired) electrons. The first kappa shape index (κ1) is 22.7. The van der Waals surface area contributed by atoms with Crippen LogP contribution in [0.4, 0.5) is 0 Å². The average Bonchev–Trinajstić information content (AvgIpc) is 3.23. The molecule has 154 valence electrons. The van der Waals surface area contributed by atoms with E-state index >= 15 is 0 Å². The van der Waals surface area contributed by atoms with E-state index < -0.39 is 0 Å². The maximum atomic E-state index is 5.41. The fourth-order valence-corrected chi connectivity index (χ4v) is 3.07. The van der Waals surface area contributed by atoms with Crippen LogP contribution in [-0.2, 0) is 11.2 Å². The Morgan fingerprint density at radius 3 is 2.64 bits per heavy atom. The van der Waals surface area contributed by atoms with E-state index in [1.54, 1.807) is 6.26 Å². The number of nitrogens with zero attached hydrogens (tertiary/aromatic N) is 2. The van der Waals surface area contributed by atoms with Crippen molar-refractivity contribution in [2.75, 3.05) is 45.9 Å². The normalized spacial score (nSPS) is 16.2. The third-order valence-electron chi connectivity index (χ3n) is 4.69. The minimum atomic E-state index is 0. The maximum Gasteiger partial charge on any atom is 0.191 e. The Labute approximate surface area is 184 Å². The number of morpholine rings is 1. The van der Waals surface area contributed by atoms with Gasteiger partial charge in [0.05, 0.1) is 32.1 Å². The molecule has 1 unspecified atom stereocenters. The van der Waals surface area contributed by atoms with Crippen LogP contribution in [0.2, 0.25) is 0 Å². The molecule has 0 bridgehead atoms. The summed E-state index contributed by atoms with van der Waals surface area (Å²) in [5.41, 5.74) is 1.24. The van der Waals surface area contributed by atoms with Crippen molar-refractivity contribution in [3.8, 4) is 0 Å². The standard InChI is InChI=1S/C21H30N4O2.HI/c1-18(19-6-3-2-4-7-19)24-21(22-10-9-20-8-5-15-27-20)23-11-12-25-13-16-26-17-14-25;/h2-8,15,18H,9-14,16-17H2,1H3,(H2,22,23,24);1H. The van der Waals surface area contributed by atoms with Crippen LogP contribution in [0, 0.1) is 0 Å². The molecule has 1 aromatic carbocycles. The number of hydrogen-bond donors (Lipinski definition) is 2. The molecule has 28 heavy (non-hydrogen) atoms. The van der Waals surface area contributed by atoms with Crippen LogP contribution in [-0.4, -0.2) is 56.8 Å². The maximum absolute atomic E-state index is 5.41. The number of ether oxygens (including phenoxy) is 1.